The smallest absolute Gasteiger partial charge is 0.366 e. The van der Waals surface area contributed by atoms with Gasteiger partial charge in [0.25, 0.3) is 0 Å². The molecule has 0 spiro atoms. The van der Waals surface area contributed by atoms with Gasteiger partial charge in [-0.15, -0.1) is 0 Å². The Morgan fingerprint density at radius 3 is 2.17 bits per heavy atom. The van der Waals surface area contributed by atoms with Crippen molar-refractivity contribution in [3.63, 3.8) is 0 Å². The molecule has 0 fully saturated rings. The molecule has 3 rings (SSSR count). The first kappa shape index (κ1) is 15.8. The molecule has 0 aliphatic carbocycles. The lowest BCUT2D eigenvalue weighted by Gasteiger charge is -2.08. The Morgan fingerprint density at radius 2 is 1.62 bits per heavy atom. The van der Waals surface area contributed by atoms with Crippen LogP contribution in [0.5, 0.6) is 0 Å². The number of aromatic nitrogens is 2. The SMILES string of the molecule is NC(=O)c1ccc(-n2cc(C(F)(F)F)nc2-c2ccccc2)cc1. The van der Waals surface area contributed by atoms with Crippen molar-refractivity contribution >= 4 is 5.91 Å². The molecule has 2 aromatic carbocycles. The van der Waals surface area contributed by atoms with Crippen LogP contribution in [0, 0.1) is 0 Å². The van der Waals surface area contributed by atoms with E-state index in [4.69, 9.17) is 5.73 Å². The molecule has 1 aromatic heterocycles. The summed E-state index contributed by atoms with van der Waals surface area (Å²) in [4.78, 5) is 14.9. The molecular formula is C17H12F3N3O. The minimum atomic E-state index is -4.55. The lowest BCUT2D eigenvalue weighted by atomic mass is 10.2. The fraction of sp³-hybridized carbons (Fsp3) is 0.0588. The third-order valence-corrected chi connectivity index (χ3v) is 3.46. The highest BCUT2D eigenvalue weighted by molar-refractivity contribution is 5.92. The molecule has 122 valence electrons. The van der Waals surface area contributed by atoms with E-state index in [1.807, 2.05) is 0 Å². The largest absolute Gasteiger partial charge is 0.434 e. The van der Waals surface area contributed by atoms with Gasteiger partial charge < -0.3 is 5.73 Å². The molecule has 0 unspecified atom stereocenters. The molecule has 2 N–H and O–H groups in total. The van der Waals surface area contributed by atoms with E-state index < -0.39 is 17.8 Å². The number of imidazole rings is 1. The van der Waals surface area contributed by atoms with Crippen LogP contribution in [0.4, 0.5) is 13.2 Å². The molecule has 0 aliphatic heterocycles. The van der Waals surface area contributed by atoms with Gasteiger partial charge in [-0.2, -0.15) is 13.2 Å². The summed E-state index contributed by atoms with van der Waals surface area (Å²) in [6.07, 6.45) is -3.62. The molecule has 0 radical (unpaired) electrons. The summed E-state index contributed by atoms with van der Waals surface area (Å²) < 4.78 is 40.5. The van der Waals surface area contributed by atoms with Crippen LogP contribution in [0.2, 0.25) is 0 Å². The Morgan fingerprint density at radius 1 is 1.00 bits per heavy atom. The second kappa shape index (κ2) is 5.84. The average molecular weight is 331 g/mol. The Bertz CT molecular complexity index is 868. The maximum Gasteiger partial charge on any atom is 0.434 e. The molecular weight excluding hydrogens is 319 g/mol. The van der Waals surface area contributed by atoms with Gasteiger partial charge in [0, 0.05) is 23.0 Å². The third kappa shape index (κ3) is 3.01. The molecule has 0 bridgehead atoms. The first-order valence-corrected chi connectivity index (χ1v) is 6.98. The zero-order valence-corrected chi connectivity index (χ0v) is 12.3. The minimum Gasteiger partial charge on any atom is -0.366 e. The van der Waals surface area contributed by atoms with E-state index in [-0.39, 0.29) is 11.4 Å². The monoisotopic (exact) mass is 331 g/mol. The number of rotatable bonds is 3. The quantitative estimate of drug-likeness (QED) is 0.796. The third-order valence-electron chi connectivity index (χ3n) is 3.46. The van der Waals surface area contributed by atoms with E-state index in [2.05, 4.69) is 4.98 Å². The van der Waals surface area contributed by atoms with Gasteiger partial charge in [0.2, 0.25) is 5.91 Å². The molecule has 3 aromatic rings. The molecule has 24 heavy (non-hydrogen) atoms. The van der Waals surface area contributed by atoms with Gasteiger partial charge in [0.15, 0.2) is 5.69 Å². The number of hydrogen-bond donors (Lipinski definition) is 1. The fourth-order valence-electron chi connectivity index (χ4n) is 2.29. The molecule has 1 heterocycles. The van der Waals surface area contributed by atoms with Gasteiger partial charge in [-0.1, -0.05) is 30.3 Å². The van der Waals surface area contributed by atoms with E-state index in [9.17, 15) is 18.0 Å². The number of hydrogen-bond acceptors (Lipinski definition) is 2. The van der Waals surface area contributed by atoms with Crippen molar-refractivity contribution in [1.82, 2.24) is 9.55 Å². The summed E-state index contributed by atoms with van der Waals surface area (Å²) in [6.45, 7) is 0. The van der Waals surface area contributed by atoms with Crippen LogP contribution >= 0.6 is 0 Å². The minimum absolute atomic E-state index is 0.162. The van der Waals surface area contributed by atoms with Crippen molar-refractivity contribution in [2.75, 3.05) is 0 Å². The predicted octanol–water partition coefficient (Wildman–Crippen LogP) is 3.66. The number of carbonyl (C=O) groups excluding carboxylic acids is 1. The summed E-state index contributed by atoms with van der Waals surface area (Å²) >= 11 is 0. The van der Waals surface area contributed by atoms with Crippen molar-refractivity contribution in [1.29, 1.82) is 0 Å². The van der Waals surface area contributed by atoms with Crippen LogP contribution in [0.1, 0.15) is 16.1 Å². The summed E-state index contributed by atoms with van der Waals surface area (Å²) in [6, 6.07) is 14.5. The zero-order chi connectivity index (χ0) is 17.3. The number of nitrogens with two attached hydrogens (primary N) is 1. The lowest BCUT2D eigenvalue weighted by molar-refractivity contribution is -0.140. The van der Waals surface area contributed by atoms with Crippen molar-refractivity contribution in [2.24, 2.45) is 5.73 Å². The number of amides is 1. The van der Waals surface area contributed by atoms with Crippen LogP contribution in [-0.4, -0.2) is 15.5 Å². The van der Waals surface area contributed by atoms with Gasteiger partial charge in [-0.3, -0.25) is 9.36 Å². The summed E-state index contributed by atoms with van der Waals surface area (Å²) in [7, 11) is 0. The number of nitrogens with zero attached hydrogens (tertiary/aromatic N) is 2. The van der Waals surface area contributed by atoms with Crippen molar-refractivity contribution < 1.29 is 18.0 Å². The first-order chi connectivity index (χ1) is 11.4. The normalized spacial score (nSPS) is 11.5. The summed E-state index contributed by atoms with van der Waals surface area (Å²) in [5.74, 6) is -0.443. The summed E-state index contributed by atoms with van der Waals surface area (Å²) in [5.41, 5.74) is 5.46. The van der Waals surface area contributed by atoms with Crippen molar-refractivity contribution in [2.45, 2.75) is 6.18 Å². The van der Waals surface area contributed by atoms with E-state index >= 15 is 0 Å². The van der Waals surface area contributed by atoms with Gasteiger partial charge in [0.1, 0.15) is 5.82 Å². The molecule has 1 amide bonds. The summed E-state index contributed by atoms with van der Waals surface area (Å²) in [5, 5.41) is 0. The van der Waals surface area contributed by atoms with Crippen LogP contribution in [-0.2, 0) is 6.18 Å². The Labute approximate surface area is 135 Å². The lowest BCUT2D eigenvalue weighted by Crippen LogP contribution is -2.10. The maximum atomic E-state index is 13.0. The number of alkyl halides is 3. The number of benzene rings is 2. The van der Waals surface area contributed by atoms with E-state index in [1.165, 1.54) is 28.8 Å². The highest BCUT2D eigenvalue weighted by Crippen LogP contribution is 2.32. The molecule has 0 saturated carbocycles. The topological polar surface area (TPSA) is 60.9 Å². The molecule has 0 atom stereocenters. The van der Waals surface area contributed by atoms with Gasteiger partial charge >= 0.3 is 6.18 Å². The Kier molecular flexibility index (Phi) is 3.84. The van der Waals surface area contributed by atoms with Crippen LogP contribution in [0.25, 0.3) is 17.1 Å². The first-order valence-electron chi connectivity index (χ1n) is 6.98. The van der Waals surface area contributed by atoms with Gasteiger partial charge in [-0.25, -0.2) is 4.98 Å². The van der Waals surface area contributed by atoms with Gasteiger partial charge in [0.05, 0.1) is 0 Å². The number of primary amides is 1. The van der Waals surface area contributed by atoms with Gasteiger partial charge in [-0.05, 0) is 24.3 Å². The zero-order valence-electron chi connectivity index (χ0n) is 12.3. The second-order valence-corrected chi connectivity index (χ2v) is 5.09. The molecule has 4 nitrogen and oxygen atoms in total. The molecule has 7 heteroatoms. The van der Waals surface area contributed by atoms with E-state index in [0.717, 1.165) is 6.20 Å². The maximum absolute atomic E-state index is 13.0. The van der Waals surface area contributed by atoms with E-state index in [1.54, 1.807) is 30.3 Å². The molecule has 0 aliphatic rings. The van der Waals surface area contributed by atoms with Crippen molar-refractivity contribution in [3.8, 4) is 17.1 Å². The molecule has 0 saturated heterocycles. The fourth-order valence-corrected chi connectivity index (χ4v) is 2.29. The van der Waals surface area contributed by atoms with Crippen LogP contribution < -0.4 is 5.73 Å². The highest BCUT2D eigenvalue weighted by Gasteiger charge is 2.35. The van der Waals surface area contributed by atoms with Crippen LogP contribution in [0.3, 0.4) is 0 Å². The van der Waals surface area contributed by atoms with Crippen molar-refractivity contribution in [3.05, 3.63) is 72.1 Å². The Hall–Kier alpha value is -3.09. The highest BCUT2D eigenvalue weighted by atomic mass is 19.4. The predicted molar refractivity (Wildman–Crippen MR) is 82.5 cm³/mol. The number of carbonyl (C=O) groups is 1. The van der Waals surface area contributed by atoms with E-state index in [0.29, 0.717) is 11.3 Å². The number of halogens is 3. The average Bonchev–Trinajstić information content (AvgIpc) is 3.01. The van der Waals surface area contributed by atoms with Crippen LogP contribution in [0.15, 0.2) is 60.8 Å². The standard InChI is InChI=1S/C17H12F3N3O/c18-17(19,20)14-10-23(13-8-6-11(7-9-13)15(21)24)16(22-14)12-4-2-1-3-5-12/h1-10H,(H2,21,24). The Balaban J connectivity index is 2.15. The second-order valence-electron chi connectivity index (χ2n) is 5.09.